The molecule has 0 aromatic carbocycles. The number of hydrogen-bond acceptors (Lipinski definition) is 1. The van der Waals surface area contributed by atoms with E-state index in [-0.39, 0.29) is 0 Å². The van der Waals surface area contributed by atoms with Gasteiger partial charge in [-0.15, -0.1) is 0 Å². The van der Waals surface area contributed by atoms with Gasteiger partial charge in [0.05, 0.1) is 0 Å². The molecule has 2 aliphatic carbocycles. The van der Waals surface area contributed by atoms with Crippen LogP contribution in [0.2, 0.25) is 0 Å². The van der Waals surface area contributed by atoms with E-state index < -0.39 is 0 Å². The van der Waals surface area contributed by atoms with Crippen molar-refractivity contribution in [2.45, 2.75) is 70.8 Å². The minimum atomic E-state index is 0.839. The first-order valence-electron chi connectivity index (χ1n) is 7.12. The Bertz CT molecular complexity index is 168. The van der Waals surface area contributed by atoms with Crippen LogP contribution in [-0.2, 0) is 0 Å². The smallest absolute Gasteiger partial charge is 0.00722 e. The molecule has 1 heteroatoms. The molecule has 1 N–H and O–H groups in total. The second kappa shape index (κ2) is 5.89. The highest BCUT2D eigenvalue weighted by Crippen LogP contribution is 2.36. The van der Waals surface area contributed by atoms with Gasteiger partial charge in [0.15, 0.2) is 0 Å². The van der Waals surface area contributed by atoms with Gasteiger partial charge in [-0.05, 0) is 31.2 Å². The zero-order valence-electron chi connectivity index (χ0n) is 10.3. The van der Waals surface area contributed by atoms with E-state index in [2.05, 4.69) is 12.2 Å². The first kappa shape index (κ1) is 11.4. The van der Waals surface area contributed by atoms with Gasteiger partial charge in [0.2, 0.25) is 0 Å². The summed E-state index contributed by atoms with van der Waals surface area (Å²) in [6.45, 7) is 3.41. The Labute approximate surface area is 95.0 Å². The van der Waals surface area contributed by atoms with Gasteiger partial charge >= 0.3 is 0 Å². The van der Waals surface area contributed by atoms with Crippen LogP contribution < -0.4 is 5.32 Å². The van der Waals surface area contributed by atoms with Gasteiger partial charge < -0.3 is 5.32 Å². The van der Waals surface area contributed by atoms with E-state index in [0.717, 1.165) is 24.4 Å². The van der Waals surface area contributed by atoms with Crippen LogP contribution in [0.25, 0.3) is 0 Å². The third-order valence-electron chi connectivity index (χ3n) is 4.15. The Hall–Kier alpha value is -0.0400. The van der Waals surface area contributed by atoms with Crippen LogP contribution in [0.5, 0.6) is 0 Å². The number of nitrogens with one attached hydrogen (secondary N) is 1. The van der Waals surface area contributed by atoms with Crippen molar-refractivity contribution in [3.8, 4) is 0 Å². The molecule has 0 spiro atoms. The van der Waals surface area contributed by atoms with E-state index in [9.17, 15) is 0 Å². The molecule has 0 radical (unpaired) electrons. The highest BCUT2D eigenvalue weighted by Gasteiger charge is 2.26. The molecule has 0 saturated heterocycles. The second-order valence-corrected chi connectivity index (χ2v) is 5.67. The molecule has 88 valence electrons. The lowest BCUT2D eigenvalue weighted by atomic mass is 9.84. The molecule has 1 unspecified atom stereocenters. The molecule has 0 amide bonds. The number of hydrogen-bond donors (Lipinski definition) is 1. The van der Waals surface area contributed by atoms with Gasteiger partial charge in [-0.25, -0.2) is 0 Å². The number of rotatable bonds is 6. The molecular weight excluding hydrogens is 182 g/mol. The van der Waals surface area contributed by atoms with Gasteiger partial charge in [-0.2, -0.15) is 0 Å². The van der Waals surface area contributed by atoms with Crippen LogP contribution in [-0.4, -0.2) is 12.6 Å². The van der Waals surface area contributed by atoms with Crippen LogP contribution in [0.4, 0.5) is 0 Å². The maximum Gasteiger partial charge on any atom is 0.00722 e. The monoisotopic (exact) mass is 209 g/mol. The second-order valence-electron chi connectivity index (χ2n) is 5.67. The van der Waals surface area contributed by atoms with Gasteiger partial charge in [0.25, 0.3) is 0 Å². The zero-order chi connectivity index (χ0) is 10.5. The SMILES string of the molecule is CCNC(CC1CCCCC1)CC1CC1. The van der Waals surface area contributed by atoms with Crippen molar-refractivity contribution in [1.82, 2.24) is 5.32 Å². The third-order valence-corrected chi connectivity index (χ3v) is 4.15. The van der Waals surface area contributed by atoms with Crippen molar-refractivity contribution in [2.24, 2.45) is 11.8 Å². The molecule has 0 bridgehead atoms. The Morgan fingerprint density at radius 1 is 0.933 bits per heavy atom. The van der Waals surface area contributed by atoms with Gasteiger partial charge in [0.1, 0.15) is 0 Å². The normalized spacial score (nSPS) is 25.4. The summed E-state index contributed by atoms with van der Waals surface area (Å²) in [5, 5.41) is 3.70. The minimum absolute atomic E-state index is 0.839. The quantitative estimate of drug-likeness (QED) is 0.703. The van der Waals surface area contributed by atoms with E-state index >= 15 is 0 Å². The van der Waals surface area contributed by atoms with Gasteiger partial charge in [-0.3, -0.25) is 0 Å². The fourth-order valence-corrected chi connectivity index (χ4v) is 3.13. The molecule has 1 atom stereocenters. The first-order valence-corrected chi connectivity index (χ1v) is 7.12. The molecule has 2 aliphatic rings. The van der Waals surface area contributed by atoms with Gasteiger partial charge in [0, 0.05) is 6.04 Å². The van der Waals surface area contributed by atoms with Crippen LogP contribution in [0, 0.1) is 11.8 Å². The minimum Gasteiger partial charge on any atom is -0.314 e. The maximum absolute atomic E-state index is 3.70. The highest BCUT2D eigenvalue weighted by molar-refractivity contribution is 4.82. The van der Waals surface area contributed by atoms with Gasteiger partial charge in [-0.1, -0.05) is 51.9 Å². The van der Waals surface area contributed by atoms with Crippen molar-refractivity contribution in [3.05, 3.63) is 0 Å². The summed E-state index contributed by atoms with van der Waals surface area (Å²) >= 11 is 0. The Morgan fingerprint density at radius 2 is 1.53 bits per heavy atom. The van der Waals surface area contributed by atoms with Crippen molar-refractivity contribution in [1.29, 1.82) is 0 Å². The predicted octanol–water partition coefficient (Wildman–Crippen LogP) is 3.74. The average molecular weight is 209 g/mol. The molecule has 0 aliphatic heterocycles. The fraction of sp³-hybridized carbons (Fsp3) is 1.00. The summed E-state index contributed by atoms with van der Waals surface area (Å²) in [7, 11) is 0. The highest BCUT2D eigenvalue weighted by atomic mass is 14.9. The summed E-state index contributed by atoms with van der Waals surface area (Å²) in [5.41, 5.74) is 0. The Balaban J connectivity index is 1.70. The topological polar surface area (TPSA) is 12.0 Å². The largest absolute Gasteiger partial charge is 0.314 e. The van der Waals surface area contributed by atoms with Crippen molar-refractivity contribution < 1.29 is 0 Å². The zero-order valence-corrected chi connectivity index (χ0v) is 10.3. The van der Waals surface area contributed by atoms with Crippen LogP contribution in [0.3, 0.4) is 0 Å². The predicted molar refractivity (Wildman–Crippen MR) is 66.0 cm³/mol. The van der Waals surface area contributed by atoms with Crippen molar-refractivity contribution >= 4 is 0 Å². The van der Waals surface area contributed by atoms with E-state index in [1.165, 1.54) is 57.8 Å². The van der Waals surface area contributed by atoms with Crippen LogP contribution in [0.15, 0.2) is 0 Å². The Kier molecular flexibility index (Phi) is 4.49. The third kappa shape index (κ3) is 4.14. The molecular formula is C14H27N. The molecule has 15 heavy (non-hydrogen) atoms. The maximum atomic E-state index is 3.70. The summed E-state index contributed by atoms with van der Waals surface area (Å²) in [5.74, 6) is 2.12. The summed E-state index contributed by atoms with van der Waals surface area (Å²) in [6, 6.07) is 0.839. The fourth-order valence-electron chi connectivity index (χ4n) is 3.13. The lowest BCUT2D eigenvalue weighted by molar-refractivity contribution is 0.288. The molecule has 0 aromatic heterocycles. The first-order chi connectivity index (χ1) is 7.38. The van der Waals surface area contributed by atoms with Crippen LogP contribution >= 0.6 is 0 Å². The van der Waals surface area contributed by atoms with Crippen LogP contribution in [0.1, 0.15) is 64.7 Å². The van der Waals surface area contributed by atoms with E-state index in [1.54, 1.807) is 0 Å². The molecule has 0 heterocycles. The Morgan fingerprint density at radius 3 is 2.07 bits per heavy atom. The summed E-state index contributed by atoms with van der Waals surface area (Å²) in [4.78, 5) is 0. The lowest BCUT2D eigenvalue weighted by Gasteiger charge is -2.27. The molecule has 2 saturated carbocycles. The summed E-state index contributed by atoms with van der Waals surface area (Å²) < 4.78 is 0. The van der Waals surface area contributed by atoms with E-state index in [0.29, 0.717) is 0 Å². The molecule has 2 rings (SSSR count). The summed E-state index contributed by atoms with van der Waals surface area (Å²) in [6.07, 6.45) is 13.4. The van der Waals surface area contributed by atoms with E-state index in [1.807, 2.05) is 0 Å². The van der Waals surface area contributed by atoms with Crippen molar-refractivity contribution in [3.63, 3.8) is 0 Å². The average Bonchev–Trinajstić information content (AvgIpc) is 3.03. The lowest BCUT2D eigenvalue weighted by Crippen LogP contribution is -2.32. The van der Waals surface area contributed by atoms with E-state index in [4.69, 9.17) is 0 Å². The van der Waals surface area contributed by atoms with Crippen molar-refractivity contribution in [2.75, 3.05) is 6.54 Å². The molecule has 2 fully saturated rings. The molecule has 0 aromatic rings. The molecule has 1 nitrogen and oxygen atoms in total. The standard InChI is InChI=1S/C14H27N/c1-2-15-14(11-13-8-9-13)10-12-6-4-3-5-7-12/h12-15H,2-11H2,1H3.